The summed E-state index contributed by atoms with van der Waals surface area (Å²) >= 11 is 7.95. The summed E-state index contributed by atoms with van der Waals surface area (Å²) in [5.74, 6) is 0.124. The van der Waals surface area contributed by atoms with E-state index in [2.05, 4.69) is 5.10 Å². The molecule has 0 saturated carbocycles. The predicted molar refractivity (Wildman–Crippen MR) is 119 cm³/mol. The lowest BCUT2D eigenvalue weighted by Gasteiger charge is -2.13. The van der Waals surface area contributed by atoms with Gasteiger partial charge in [0.05, 0.1) is 34.1 Å². The zero-order chi connectivity index (χ0) is 21.5. The van der Waals surface area contributed by atoms with E-state index in [0.717, 1.165) is 26.7 Å². The Morgan fingerprint density at radius 3 is 2.50 bits per heavy atom. The van der Waals surface area contributed by atoms with E-state index >= 15 is 0 Å². The molecule has 1 N–H and O–H groups in total. The number of benzene rings is 2. The van der Waals surface area contributed by atoms with Crippen LogP contribution in [0.25, 0.3) is 26.7 Å². The summed E-state index contributed by atoms with van der Waals surface area (Å²) in [6.45, 7) is 3.39. The van der Waals surface area contributed by atoms with E-state index in [0.29, 0.717) is 16.5 Å². The SMILES string of the molecule is COc1cc(F)ccc1-c1ccc(-c2cc(C(C)(C)O)nn2-c2ccccc2Cl)s1. The first-order valence-corrected chi connectivity index (χ1v) is 10.5. The highest BCUT2D eigenvalue weighted by Gasteiger charge is 2.24. The summed E-state index contributed by atoms with van der Waals surface area (Å²) in [5, 5.41) is 15.7. The monoisotopic (exact) mass is 442 g/mol. The number of nitrogens with zero attached hydrogens (tertiary/aromatic N) is 2. The van der Waals surface area contributed by atoms with E-state index < -0.39 is 5.60 Å². The molecule has 0 saturated heterocycles. The minimum Gasteiger partial charge on any atom is -0.496 e. The first kappa shape index (κ1) is 20.6. The third kappa shape index (κ3) is 3.86. The normalized spacial score (nSPS) is 11.7. The lowest BCUT2D eigenvalue weighted by molar-refractivity contribution is 0.0734. The Morgan fingerprint density at radius 2 is 1.80 bits per heavy atom. The Bertz CT molecular complexity index is 1210. The molecule has 0 atom stereocenters. The molecule has 0 fully saturated rings. The topological polar surface area (TPSA) is 47.3 Å². The number of halogens is 2. The third-order valence-corrected chi connectivity index (χ3v) is 6.16. The van der Waals surface area contributed by atoms with Crippen molar-refractivity contribution in [1.29, 1.82) is 0 Å². The Morgan fingerprint density at radius 1 is 1.07 bits per heavy atom. The van der Waals surface area contributed by atoms with Gasteiger partial charge >= 0.3 is 0 Å². The number of hydrogen-bond donors (Lipinski definition) is 1. The summed E-state index contributed by atoms with van der Waals surface area (Å²) in [5.41, 5.74) is 1.76. The maximum Gasteiger partial charge on any atom is 0.130 e. The quantitative estimate of drug-likeness (QED) is 0.394. The van der Waals surface area contributed by atoms with Crippen LogP contribution in [0.3, 0.4) is 0 Å². The summed E-state index contributed by atoms with van der Waals surface area (Å²) in [7, 11) is 1.52. The van der Waals surface area contributed by atoms with E-state index in [4.69, 9.17) is 16.3 Å². The van der Waals surface area contributed by atoms with Gasteiger partial charge in [-0.2, -0.15) is 5.10 Å². The summed E-state index contributed by atoms with van der Waals surface area (Å²) in [6, 6.07) is 17.7. The second kappa shape index (κ2) is 7.87. The van der Waals surface area contributed by atoms with Crippen molar-refractivity contribution in [3.05, 3.63) is 77.2 Å². The molecule has 2 aromatic heterocycles. The lowest BCUT2D eigenvalue weighted by Crippen LogP contribution is -2.16. The zero-order valence-corrected chi connectivity index (χ0v) is 18.3. The number of thiophene rings is 1. The van der Waals surface area contributed by atoms with Crippen molar-refractivity contribution in [1.82, 2.24) is 9.78 Å². The molecular formula is C23H20ClFN2O2S. The summed E-state index contributed by atoms with van der Waals surface area (Å²) < 4.78 is 20.7. The van der Waals surface area contributed by atoms with Crippen LogP contribution >= 0.6 is 22.9 Å². The van der Waals surface area contributed by atoms with Crippen molar-refractivity contribution in [2.24, 2.45) is 0 Å². The molecule has 0 aliphatic heterocycles. The molecule has 154 valence electrons. The van der Waals surface area contributed by atoms with Crippen LogP contribution in [0, 0.1) is 5.82 Å². The molecule has 30 heavy (non-hydrogen) atoms. The van der Waals surface area contributed by atoms with Gasteiger partial charge in [0.1, 0.15) is 17.2 Å². The number of para-hydroxylation sites is 1. The highest BCUT2D eigenvalue weighted by Crippen LogP contribution is 2.40. The zero-order valence-electron chi connectivity index (χ0n) is 16.7. The van der Waals surface area contributed by atoms with Crippen molar-refractivity contribution in [3.8, 4) is 32.4 Å². The molecule has 0 spiro atoms. The van der Waals surface area contributed by atoms with Crippen LogP contribution in [-0.2, 0) is 5.60 Å². The molecule has 4 rings (SSSR count). The van der Waals surface area contributed by atoms with Gasteiger partial charge in [0.25, 0.3) is 0 Å². The van der Waals surface area contributed by atoms with Gasteiger partial charge in [0.2, 0.25) is 0 Å². The van der Waals surface area contributed by atoms with Gasteiger partial charge in [-0.1, -0.05) is 23.7 Å². The van der Waals surface area contributed by atoms with Crippen LogP contribution in [0.4, 0.5) is 4.39 Å². The van der Waals surface area contributed by atoms with Gasteiger partial charge in [-0.05, 0) is 56.3 Å². The number of ether oxygens (including phenoxy) is 1. The average Bonchev–Trinajstić information content (AvgIpc) is 3.35. The minimum absolute atomic E-state index is 0.348. The Hall–Kier alpha value is -2.67. The fraction of sp³-hybridized carbons (Fsp3) is 0.174. The minimum atomic E-state index is -1.11. The summed E-state index contributed by atoms with van der Waals surface area (Å²) in [6.07, 6.45) is 0. The number of aliphatic hydroxyl groups is 1. The highest BCUT2D eigenvalue weighted by atomic mass is 35.5. The smallest absolute Gasteiger partial charge is 0.130 e. The van der Waals surface area contributed by atoms with Crippen molar-refractivity contribution >= 4 is 22.9 Å². The number of aromatic nitrogens is 2. The molecule has 0 unspecified atom stereocenters. The first-order valence-electron chi connectivity index (χ1n) is 9.30. The highest BCUT2D eigenvalue weighted by molar-refractivity contribution is 7.18. The number of rotatable bonds is 5. The second-order valence-corrected chi connectivity index (χ2v) is 8.84. The maximum atomic E-state index is 13.6. The van der Waals surface area contributed by atoms with Crippen LogP contribution in [0.5, 0.6) is 5.75 Å². The van der Waals surface area contributed by atoms with Crippen molar-refractivity contribution in [3.63, 3.8) is 0 Å². The van der Waals surface area contributed by atoms with Crippen molar-refractivity contribution in [2.45, 2.75) is 19.4 Å². The van der Waals surface area contributed by atoms with Crippen LogP contribution in [0.1, 0.15) is 19.5 Å². The van der Waals surface area contributed by atoms with Crippen molar-refractivity contribution in [2.75, 3.05) is 7.11 Å². The fourth-order valence-electron chi connectivity index (χ4n) is 3.15. The molecule has 2 aromatic carbocycles. The Balaban J connectivity index is 1.86. The predicted octanol–water partition coefficient (Wildman–Crippen LogP) is 6.30. The van der Waals surface area contributed by atoms with Crippen molar-refractivity contribution < 1.29 is 14.2 Å². The molecule has 0 radical (unpaired) electrons. The molecule has 7 heteroatoms. The number of methoxy groups -OCH3 is 1. The molecule has 2 heterocycles. The molecular weight excluding hydrogens is 423 g/mol. The maximum absolute atomic E-state index is 13.6. The lowest BCUT2D eigenvalue weighted by atomic mass is 10.1. The van der Waals surface area contributed by atoms with E-state index in [9.17, 15) is 9.50 Å². The molecule has 4 nitrogen and oxygen atoms in total. The van der Waals surface area contributed by atoms with E-state index in [1.807, 2.05) is 36.4 Å². The van der Waals surface area contributed by atoms with Crippen LogP contribution < -0.4 is 4.74 Å². The van der Waals surface area contributed by atoms with Gasteiger partial charge in [-0.15, -0.1) is 11.3 Å². The summed E-state index contributed by atoms with van der Waals surface area (Å²) in [4.78, 5) is 1.86. The van der Waals surface area contributed by atoms with E-state index in [-0.39, 0.29) is 5.82 Å². The molecule has 0 aliphatic rings. The van der Waals surface area contributed by atoms with E-state index in [1.165, 1.54) is 30.6 Å². The molecule has 4 aromatic rings. The molecule has 0 bridgehead atoms. The van der Waals surface area contributed by atoms with Gasteiger partial charge in [0.15, 0.2) is 0 Å². The van der Waals surface area contributed by atoms with Gasteiger partial charge in [-0.3, -0.25) is 0 Å². The first-order chi connectivity index (χ1) is 14.3. The average molecular weight is 443 g/mol. The molecule has 0 aliphatic carbocycles. The Labute approximate surface area is 183 Å². The van der Waals surface area contributed by atoms with Gasteiger partial charge < -0.3 is 9.84 Å². The molecule has 0 amide bonds. The van der Waals surface area contributed by atoms with Crippen LogP contribution in [-0.4, -0.2) is 22.0 Å². The second-order valence-electron chi connectivity index (χ2n) is 7.35. The van der Waals surface area contributed by atoms with Gasteiger partial charge in [-0.25, -0.2) is 9.07 Å². The Kier molecular flexibility index (Phi) is 5.40. The van der Waals surface area contributed by atoms with Crippen LogP contribution in [0.2, 0.25) is 5.02 Å². The van der Waals surface area contributed by atoms with Gasteiger partial charge in [0, 0.05) is 16.5 Å². The number of hydrogen-bond acceptors (Lipinski definition) is 4. The fourth-order valence-corrected chi connectivity index (χ4v) is 4.41. The largest absolute Gasteiger partial charge is 0.496 e. The third-order valence-electron chi connectivity index (χ3n) is 4.70. The van der Waals surface area contributed by atoms with Crippen LogP contribution in [0.15, 0.2) is 60.7 Å². The van der Waals surface area contributed by atoms with E-state index in [1.54, 1.807) is 30.7 Å². The standard InChI is InChI=1S/C23H20ClFN2O2S/c1-23(2,28)22-13-18(27(26-22)17-7-5-4-6-16(17)24)21-11-10-20(30-21)15-9-8-14(25)12-19(15)29-3/h4-13,28H,1-3H3.